The van der Waals surface area contributed by atoms with Crippen LogP contribution >= 0.6 is 15.9 Å². The molecule has 0 bridgehead atoms. The zero-order valence-corrected chi connectivity index (χ0v) is 22.5. The third-order valence-corrected chi connectivity index (χ3v) is 8.21. The number of ether oxygens (including phenoxy) is 3. The Morgan fingerprint density at radius 1 is 1.21 bits per heavy atom. The third-order valence-electron chi connectivity index (χ3n) is 5.94. The molecule has 178 valence electrons. The second-order valence-corrected chi connectivity index (χ2v) is 16.4. The molecule has 8 heteroatoms. The van der Waals surface area contributed by atoms with Crippen molar-refractivity contribution in [3.05, 3.63) is 58.7 Å². The van der Waals surface area contributed by atoms with Crippen LogP contribution in [0.25, 0.3) is 11.0 Å². The summed E-state index contributed by atoms with van der Waals surface area (Å²) in [6.45, 7) is 11.7. The first kappa shape index (κ1) is 24.4. The van der Waals surface area contributed by atoms with Crippen molar-refractivity contribution in [1.29, 1.82) is 0 Å². The minimum Gasteiger partial charge on any atom is -0.469 e. The lowest BCUT2D eigenvalue weighted by molar-refractivity contribution is 0.0896. The zero-order valence-electron chi connectivity index (χ0n) is 19.9. The summed E-state index contributed by atoms with van der Waals surface area (Å²) in [5.74, 6) is 0.583. The molecule has 0 unspecified atom stereocenters. The average Bonchev–Trinajstić information content (AvgIpc) is 3.38. The number of rotatable bonds is 10. The Labute approximate surface area is 205 Å². The summed E-state index contributed by atoms with van der Waals surface area (Å²) in [5, 5.41) is 4.71. The van der Waals surface area contributed by atoms with Crippen molar-refractivity contribution in [3.8, 4) is 5.88 Å². The van der Waals surface area contributed by atoms with Gasteiger partial charge in [0.2, 0.25) is 5.88 Å². The standard InChI is InChI=1S/C25H34BrN3O3Si/c1-18(19-8-6-5-7-9-19)27-22-15-31-16-23(22)32-25-21(26)14-20-10-11-29(24(20)28-25)17-30-12-13-33(2,3)4/h5-11,14,18,22-23,27H,12-13,15-17H2,1-4H3/t18-,22-,23-/m1/s1. The molecule has 2 aromatic heterocycles. The van der Waals surface area contributed by atoms with Gasteiger partial charge in [-0.05, 0) is 46.6 Å². The summed E-state index contributed by atoms with van der Waals surface area (Å²) >= 11 is 3.64. The largest absolute Gasteiger partial charge is 0.469 e. The quantitative estimate of drug-likeness (QED) is 0.272. The van der Waals surface area contributed by atoms with Crippen LogP contribution in [-0.4, -0.2) is 49.6 Å². The number of fused-ring (bicyclic) bond motifs is 1. The highest BCUT2D eigenvalue weighted by atomic mass is 79.9. The third kappa shape index (κ3) is 6.45. The fraction of sp³-hybridized carbons (Fsp3) is 0.480. The molecule has 0 saturated carbocycles. The number of pyridine rings is 1. The first-order valence-electron chi connectivity index (χ1n) is 11.6. The fourth-order valence-electron chi connectivity index (χ4n) is 3.91. The second-order valence-electron chi connectivity index (χ2n) is 9.92. The summed E-state index contributed by atoms with van der Waals surface area (Å²) in [6.07, 6.45) is 1.90. The Morgan fingerprint density at radius 2 is 2.00 bits per heavy atom. The van der Waals surface area contributed by atoms with E-state index in [1.54, 1.807) is 0 Å². The number of halogens is 1. The van der Waals surface area contributed by atoms with Crippen LogP contribution in [0.3, 0.4) is 0 Å². The Kier molecular flexibility index (Phi) is 7.91. The van der Waals surface area contributed by atoms with Gasteiger partial charge in [-0.3, -0.25) is 0 Å². The van der Waals surface area contributed by atoms with Crippen molar-refractivity contribution < 1.29 is 14.2 Å². The zero-order chi connectivity index (χ0) is 23.4. The van der Waals surface area contributed by atoms with Gasteiger partial charge in [-0.15, -0.1) is 0 Å². The van der Waals surface area contributed by atoms with E-state index in [-0.39, 0.29) is 18.2 Å². The van der Waals surface area contributed by atoms with Crippen LogP contribution in [0, 0.1) is 0 Å². The van der Waals surface area contributed by atoms with Gasteiger partial charge in [0.1, 0.15) is 18.5 Å². The number of aromatic nitrogens is 2. The van der Waals surface area contributed by atoms with Gasteiger partial charge in [0.25, 0.3) is 0 Å². The van der Waals surface area contributed by atoms with Crippen LogP contribution in [0.15, 0.2) is 53.1 Å². The van der Waals surface area contributed by atoms with E-state index in [1.165, 1.54) is 5.56 Å². The van der Waals surface area contributed by atoms with Crippen molar-refractivity contribution in [3.63, 3.8) is 0 Å². The van der Waals surface area contributed by atoms with Crippen LogP contribution in [0.5, 0.6) is 5.88 Å². The van der Waals surface area contributed by atoms with Crippen LogP contribution in [0.4, 0.5) is 0 Å². The Hall–Kier alpha value is -1.71. The van der Waals surface area contributed by atoms with Crippen molar-refractivity contribution >= 4 is 35.0 Å². The smallest absolute Gasteiger partial charge is 0.230 e. The van der Waals surface area contributed by atoms with Gasteiger partial charge in [-0.1, -0.05) is 50.0 Å². The SMILES string of the molecule is C[C@@H](N[C@@H]1COC[C@H]1Oc1nc2c(ccn2COCC[Si](C)(C)C)cc1Br)c1ccccc1. The van der Waals surface area contributed by atoms with Gasteiger partial charge in [-0.2, -0.15) is 4.98 Å². The Morgan fingerprint density at radius 3 is 2.76 bits per heavy atom. The summed E-state index contributed by atoms with van der Waals surface area (Å²) < 4.78 is 20.9. The lowest BCUT2D eigenvalue weighted by Crippen LogP contribution is -2.43. The van der Waals surface area contributed by atoms with Gasteiger partial charge >= 0.3 is 0 Å². The summed E-state index contributed by atoms with van der Waals surface area (Å²) in [7, 11) is -1.10. The molecule has 0 aliphatic carbocycles. The molecule has 3 heterocycles. The molecule has 3 atom stereocenters. The molecular formula is C25H34BrN3O3Si. The predicted octanol–water partition coefficient (Wildman–Crippen LogP) is 5.61. The maximum Gasteiger partial charge on any atom is 0.230 e. The molecule has 1 aromatic carbocycles. The van der Waals surface area contributed by atoms with Crippen LogP contribution in [0.2, 0.25) is 25.7 Å². The lowest BCUT2D eigenvalue weighted by atomic mass is 10.1. The number of hydrogen-bond donors (Lipinski definition) is 1. The summed E-state index contributed by atoms with van der Waals surface area (Å²) in [5.41, 5.74) is 2.11. The predicted molar refractivity (Wildman–Crippen MR) is 139 cm³/mol. The van der Waals surface area contributed by atoms with Crippen LogP contribution in [-0.2, 0) is 16.2 Å². The van der Waals surface area contributed by atoms with E-state index in [2.05, 4.69) is 84.2 Å². The van der Waals surface area contributed by atoms with Gasteiger partial charge in [-0.25, -0.2) is 0 Å². The number of nitrogens with zero attached hydrogens (tertiary/aromatic N) is 2. The molecule has 0 amide bonds. The molecular weight excluding hydrogens is 498 g/mol. The molecule has 0 radical (unpaired) electrons. The molecule has 1 N–H and O–H groups in total. The van der Waals surface area contributed by atoms with E-state index < -0.39 is 8.07 Å². The van der Waals surface area contributed by atoms with Crippen LogP contribution in [0.1, 0.15) is 18.5 Å². The molecule has 1 saturated heterocycles. The number of nitrogens with one attached hydrogen (secondary N) is 1. The normalized spacial score (nSPS) is 19.8. The maximum absolute atomic E-state index is 6.36. The van der Waals surface area contributed by atoms with Gasteiger partial charge in [0.15, 0.2) is 0 Å². The monoisotopic (exact) mass is 531 g/mol. The molecule has 0 spiro atoms. The minimum absolute atomic E-state index is 0.0845. The molecule has 1 aliphatic rings. The minimum atomic E-state index is -1.10. The highest BCUT2D eigenvalue weighted by Crippen LogP contribution is 2.30. The number of hydrogen-bond acceptors (Lipinski definition) is 5. The lowest BCUT2D eigenvalue weighted by Gasteiger charge is -2.24. The van der Waals surface area contributed by atoms with E-state index in [0.717, 1.165) is 28.2 Å². The summed E-state index contributed by atoms with van der Waals surface area (Å²) in [4.78, 5) is 4.84. The average molecular weight is 533 g/mol. The molecule has 6 nitrogen and oxygen atoms in total. The highest BCUT2D eigenvalue weighted by molar-refractivity contribution is 9.10. The van der Waals surface area contributed by atoms with E-state index >= 15 is 0 Å². The van der Waals surface area contributed by atoms with Crippen molar-refractivity contribution in [2.45, 2.75) is 57.5 Å². The highest BCUT2D eigenvalue weighted by Gasteiger charge is 2.32. The number of benzene rings is 1. The molecule has 3 aromatic rings. The van der Waals surface area contributed by atoms with Gasteiger partial charge in [0, 0.05) is 32.3 Å². The maximum atomic E-state index is 6.36. The molecule has 4 rings (SSSR count). The molecule has 1 aliphatic heterocycles. The van der Waals surface area contributed by atoms with Gasteiger partial charge < -0.3 is 24.1 Å². The Balaban J connectivity index is 1.43. The topological polar surface area (TPSA) is 57.5 Å². The van der Waals surface area contributed by atoms with Crippen molar-refractivity contribution in [2.75, 3.05) is 19.8 Å². The van der Waals surface area contributed by atoms with Gasteiger partial charge in [0.05, 0.1) is 23.7 Å². The molecule has 1 fully saturated rings. The van der Waals surface area contributed by atoms with E-state index in [0.29, 0.717) is 25.8 Å². The molecule has 33 heavy (non-hydrogen) atoms. The fourth-order valence-corrected chi connectivity index (χ4v) is 5.09. The van der Waals surface area contributed by atoms with Crippen molar-refractivity contribution in [1.82, 2.24) is 14.9 Å². The van der Waals surface area contributed by atoms with E-state index in [1.807, 2.05) is 16.8 Å². The van der Waals surface area contributed by atoms with Crippen LogP contribution < -0.4 is 10.1 Å². The Bertz CT molecular complexity index is 1050. The van der Waals surface area contributed by atoms with E-state index in [9.17, 15) is 0 Å². The second kappa shape index (κ2) is 10.7. The van der Waals surface area contributed by atoms with E-state index in [4.69, 9.17) is 19.2 Å². The van der Waals surface area contributed by atoms with Crippen molar-refractivity contribution in [2.24, 2.45) is 0 Å². The first-order chi connectivity index (χ1) is 15.8. The summed E-state index contributed by atoms with van der Waals surface area (Å²) in [6, 6.07) is 16.0. The first-order valence-corrected chi connectivity index (χ1v) is 16.1.